The van der Waals surface area contributed by atoms with E-state index >= 15 is 0 Å². The maximum absolute atomic E-state index is 12.8. The number of hydrogen-bond donors (Lipinski definition) is 1. The summed E-state index contributed by atoms with van der Waals surface area (Å²) in [6.07, 6.45) is 0.861. The second-order valence-corrected chi connectivity index (χ2v) is 9.38. The number of hydrogen-bond acceptors (Lipinski definition) is 6. The minimum atomic E-state index is -0.283. The molecule has 4 aromatic rings. The minimum absolute atomic E-state index is 0.121. The van der Waals surface area contributed by atoms with E-state index in [1.54, 1.807) is 62.8 Å². The van der Waals surface area contributed by atoms with Crippen LogP contribution in [0.25, 0.3) is 0 Å². The third-order valence-corrected chi connectivity index (χ3v) is 6.39. The first-order valence-corrected chi connectivity index (χ1v) is 13.1. The minimum Gasteiger partial charge on any atom is -0.494 e. The summed E-state index contributed by atoms with van der Waals surface area (Å²) < 4.78 is 16.6. The maximum Gasteiger partial charge on any atom is 0.255 e. The Kier molecular flexibility index (Phi) is 9.91. The molecular weight excluding hydrogens is 504 g/mol. The van der Waals surface area contributed by atoms with Gasteiger partial charge in [-0.25, -0.2) is 0 Å². The van der Waals surface area contributed by atoms with Gasteiger partial charge in [-0.1, -0.05) is 48.5 Å². The highest BCUT2D eigenvalue weighted by molar-refractivity contribution is 6.11. The molecule has 0 bridgehead atoms. The molecule has 0 unspecified atom stereocenters. The molecule has 7 heteroatoms. The third kappa shape index (κ3) is 7.71. The average Bonchev–Trinajstić information content (AvgIpc) is 3.00. The van der Waals surface area contributed by atoms with Crippen LogP contribution in [0.1, 0.15) is 38.3 Å². The van der Waals surface area contributed by atoms with Crippen LogP contribution in [0.15, 0.2) is 97.1 Å². The van der Waals surface area contributed by atoms with Gasteiger partial charge >= 0.3 is 0 Å². The molecule has 4 aromatic carbocycles. The van der Waals surface area contributed by atoms with Crippen LogP contribution in [-0.2, 0) is 6.54 Å². The van der Waals surface area contributed by atoms with E-state index in [1.807, 2.05) is 48.5 Å². The molecule has 0 atom stereocenters. The monoisotopic (exact) mass is 538 g/mol. The molecule has 40 heavy (non-hydrogen) atoms. The Morgan fingerprint density at radius 2 is 1.45 bits per heavy atom. The quantitative estimate of drug-likeness (QED) is 0.164. The number of ketones is 1. The van der Waals surface area contributed by atoms with Gasteiger partial charge in [-0.3, -0.25) is 9.59 Å². The fourth-order valence-corrected chi connectivity index (χ4v) is 4.29. The number of nitrogens with zero attached hydrogens (tertiary/aromatic N) is 1. The molecule has 0 radical (unpaired) electrons. The number of amides is 1. The van der Waals surface area contributed by atoms with E-state index in [0.717, 1.165) is 42.3 Å². The van der Waals surface area contributed by atoms with Crippen LogP contribution in [0.3, 0.4) is 0 Å². The molecule has 0 saturated carbocycles. The van der Waals surface area contributed by atoms with Crippen LogP contribution in [0.5, 0.6) is 17.2 Å². The van der Waals surface area contributed by atoms with E-state index in [9.17, 15) is 9.59 Å². The molecular formula is C33H34N2O5. The van der Waals surface area contributed by atoms with Crippen molar-refractivity contribution in [3.05, 3.63) is 119 Å². The normalized spacial score (nSPS) is 10.7. The third-order valence-electron chi connectivity index (χ3n) is 6.39. The smallest absolute Gasteiger partial charge is 0.255 e. The summed E-state index contributed by atoms with van der Waals surface area (Å²) in [5.41, 5.74) is 3.26. The molecule has 7 nitrogen and oxygen atoms in total. The van der Waals surface area contributed by atoms with Gasteiger partial charge in [-0.05, 0) is 67.6 Å². The van der Waals surface area contributed by atoms with Gasteiger partial charge in [0.25, 0.3) is 5.91 Å². The lowest BCUT2D eigenvalue weighted by atomic mass is 10.0. The van der Waals surface area contributed by atoms with Crippen molar-refractivity contribution in [1.29, 1.82) is 0 Å². The van der Waals surface area contributed by atoms with Gasteiger partial charge in [0.2, 0.25) is 0 Å². The molecule has 0 spiro atoms. The summed E-state index contributed by atoms with van der Waals surface area (Å²) in [6.45, 7) is 2.23. The van der Waals surface area contributed by atoms with E-state index in [-0.39, 0.29) is 11.7 Å². The lowest BCUT2D eigenvalue weighted by Gasteiger charge is -2.18. The average molecular weight is 539 g/mol. The van der Waals surface area contributed by atoms with E-state index in [1.165, 1.54) is 0 Å². The largest absolute Gasteiger partial charge is 0.494 e. The Bertz CT molecular complexity index is 1420. The molecule has 0 aliphatic heterocycles. The van der Waals surface area contributed by atoms with Crippen LogP contribution in [0, 0.1) is 0 Å². The van der Waals surface area contributed by atoms with E-state index in [4.69, 9.17) is 14.2 Å². The second-order valence-electron chi connectivity index (χ2n) is 9.38. The molecule has 1 amide bonds. The molecule has 0 aromatic heterocycles. The number of rotatable bonds is 13. The number of nitrogens with one attached hydrogen (secondary N) is 1. The predicted octanol–water partition coefficient (Wildman–Crippen LogP) is 6.09. The number of methoxy groups -OCH3 is 2. The van der Waals surface area contributed by atoms with Crippen molar-refractivity contribution in [2.75, 3.05) is 39.7 Å². The van der Waals surface area contributed by atoms with Crippen LogP contribution in [0.4, 0.5) is 5.69 Å². The molecule has 0 saturated heterocycles. The first-order chi connectivity index (χ1) is 19.5. The number of carbonyl (C=O) groups excluding carboxylic acids is 2. The fourth-order valence-electron chi connectivity index (χ4n) is 4.29. The Balaban J connectivity index is 1.23. The van der Waals surface area contributed by atoms with E-state index in [0.29, 0.717) is 29.0 Å². The highest BCUT2D eigenvalue weighted by atomic mass is 16.5. The van der Waals surface area contributed by atoms with Gasteiger partial charge in [0.05, 0.1) is 20.8 Å². The SMILES string of the molecule is COc1ccc(CN(C)CCCOc2ccc(NC(=O)c3cccc(C(=O)c4ccccc4)c3)cc2)cc1OC. The van der Waals surface area contributed by atoms with Gasteiger partial charge in [-0.15, -0.1) is 0 Å². The summed E-state index contributed by atoms with van der Waals surface area (Å²) in [5.74, 6) is 1.77. The van der Waals surface area contributed by atoms with E-state index in [2.05, 4.69) is 17.3 Å². The summed E-state index contributed by atoms with van der Waals surface area (Å²) in [7, 11) is 5.34. The standard InChI is InChI=1S/C33H34N2O5/c1-35(23-24-13-18-30(38-2)31(21-24)39-3)19-8-20-40-29-16-14-28(15-17-29)34-33(37)27-12-7-11-26(22-27)32(36)25-9-5-4-6-10-25/h4-7,9-18,21-22H,8,19-20,23H2,1-3H3,(H,34,37). The van der Waals surface area contributed by atoms with Crippen LogP contribution in [0.2, 0.25) is 0 Å². The van der Waals surface area contributed by atoms with Crippen molar-refractivity contribution in [2.24, 2.45) is 0 Å². The number of carbonyl (C=O) groups is 2. The fraction of sp³-hybridized carbons (Fsp3) is 0.212. The molecule has 0 heterocycles. The van der Waals surface area contributed by atoms with Crippen molar-refractivity contribution in [3.63, 3.8) is 0 Å². The van der Waals surface area contributed by atoms with Gasteiger partial charge in [0.15, 0.2) is 17.3 Å². The summed E-state index contributed by atoms with van der Waals surface area (Å²) >= 11 is 0. The van der Waals surface area contributed by atoms with Crippen LogP contribution < -0.4 is 19.5 Å². The zero-order chi connectivity index (χ0) is 28.3. The van der Waals surface area contributed by atoms with E-state index < -0.39 is 0 Å². The second kappa shape index (κ2) is 14.0. The zero-order valence-electron chi connectivity index (χ0n) is 23.1. The number of benzene rings is 4. The van der Waals surface area contributed by atoms with Crippen LogP contribution >= 0.6 is 0 Å². The first kappa shape index (κ1) is 28.4. The predicted molar refractivity (Wildman–Crippen MR) is 157 cm³/mol. The van der Waals surface area contributed by atoms with Gasteiger partial charge in [0, 0.05) is 35.5 Å². The lowest BCUT2D eigenvalue weighted by molar-refractivity contribution is 0.102. The molecule has 0 aliphatic rings. The van der Waals surface area contributed by atoms with Crippen molar-refractivity contribution >= 4 is 17.4 Å². The first-order valence-electron chi connectivity index (χ1n) is 13.1. The Labute approximate surface area is 235 Å². The summed E-state index contributed by atoms with van der Waals surface area (Å²) in [4.78, 5) is 27.8. The Morgan fingerprint density at radius 1 is 0.750 bits per heavy atom. The Morgan fingerprint density at radius 3 is 2.17 bits per heavy atom. The highest BCUT2D eigenvalue weighted by Gasteiger charge is 2.13. The molecule has 0 aliphatic carbocycles. The van der Waals surface area contributed by atoms with Gasteiger partial charge < -0.3 is 24.4 Å². The van der Waals surface area contributed by atoms with Crippen molar-refractivity contribution < 1.29 is 23.8 Å². The van der Waals surface area contributed by atoms with Gasteiger partial charge in [0.1, 0.15) is 5.75 Å². The van der Waals surface area contributed by atoms with Crippen LogP contribution in [-0.4, -0.2) is 51.0 Å². The molecule has 0 fully saturated rings. The topological polar surface area (TPSA) is 77.1 Å². The van der Waals surface area contributed by atoms with Gasteiger partial charge in [-0.2, -0.15) is 0 Å². The maximum atomic E-state index is 12.8. The zero-order valence-corrected chi connectivity index (χ0v) is 23.1. The number of ether oxygens (including phenoxy) is 3. The lowest BCUT2D eigenvalue weighted by Crippen LogP contribution is -2.20. The number of anilines is 1. The van der Waals surface area contributed by atoms with Crippen molar-refractivity contribution in [3.8, 4) is 17.2 Å². The summed E-state index contributed by atoms with van der Waals surface area (Å²) in [6, 6.07) is 29.0. The molecule has 206 valence electrons. The summed E-state index contributed by atoms with van der Waals surface area (Å²) in [5, 5.41) is 2.88. The Hall–Kier alpha value is -4.62. The van der Waals surface area contributed by atoms with Crippen molar-refractivity contribution in [1.82, 2.24) is 4.90 Å². The highest BCUT2D eigenvalue weighted by Crippen LogP contribution is 2.28. The molecule has 1 N–H and O–H groups in total. The van der Waals surface area contributed by atoms with Crippen molar-refractivity contribution in [2.45, 2.75) is 13.0 Å². The molecule has 4 rings (SSSR count).